The number of carbonyl (C=O) groups is 1. The van der Waals surface area contributed by atoms with Crippen molar-refractivity contribution in [2.75, 3.05) is 6.61 Å². The van der Waals surface area contributed by atoms with Gasteiger partial charge in [0.1, 0.15) is 23.4 Å². The Kier molecular flexibility index (Phi) is 7.72. The monoisotopic (exact) mass is 524 g/mol. The first-order valence-electron chi connectivity index (χ1n) is 14.2. The minimum Gasteiger partial charge on any atom is -0.459 e. The largest absolute Gasteiger partial charge is 0.459 e. The van der Waals surface area contributed by atoms with Crippen LogP contribution in [-0.2, 0) is 9.53 Å². The zero-order valence-electron chi connectivity index (χ0n) is 23.1. The fourth-order valence-corrected chi connectivity index (χ4v) is 8.97. The van der Waals surface area contributed by atoms with E-state index in [1.165, 1.54) is 13.0 Å². The van der Waals surface area contributed by atoms with Crippen LogP contribution in [0.15, 0.2) is 11.6 Å². The van der Waals surface area contributed by atoms with Gasteiger partial charge in [-0.3, -0.25) is 4.79 Å². The minimum atomic E-state index is -1.94. The fraction of sp³-hybridized carbons (Fsp3) is 0.897. The van der Waals surface area contributed by atoms with Gasteiger partial charge >= 0.3 is 5.97 Å². The molecule has 8 nitrogen and oxygen atoms in total. The van der Waals surface area contributed by atoms with Crippen molar-refractivity contribution >= 4 is 5.97 Å². The quantitative estimate of drug-likeness (QED) is 0.219. The van der Waals surface area contributed by atoms with E-state index in [0.29, 0.717) is 23.8 Å². The van der Waals surface area contributed by atoms with Crippen molar-refractivity contribution in [2.24, 2.45) is 34.5 Å². The van der Waals surface area contributed by atoms with Crippen LogP contribution in [-0.4, -0.2) is 78.8 Å². The zero-order chi connectivity index (χ0) is 27.6. The predicted octanol–water partition coefficient (Wildman–Crippen LogP) is 2.07. The van der Waals surface area contributed by atoms with E-state index in [1.807, 2.05) is 0 Å². The number of hydrogen-bond donors (Lipinski definition) is 6. The molecule has 0 heterocycles. The molecule has 6 N–H and O–H groups in total. The van der Waals surface area contributed by atoms with Crippen LogP contribution >= 0.6 is 0 Å². The summed E-state index contributed by atoms with van der Waals surface area (Å²) in [4.78, 5) is 12.3. The molecule has 0 aromatic heterocycles. The lowest BCUT2D eigenvalue weighted by Crippen LogP contribution is -2.78. The molecule has 0 unspecified atom stereocenters. The number of aliphatic hydroxyl groups is 6. The maximum absolute atomic E-state index is 12.6. The topological polar surface area (TPSA) is 148 Å². The van der Waals surface area contributed by atoms with Gasteiger partial charge in [0.15, 0.2) is 0 Å². The second-order valence-corrected chi connectivity index (χ2v) is 13.4. The fourth-order valence-electron chi connectivity index (χ4n) is 8.97. The summed E-state index contributed by atoms with van der Waals surface area (Å²) < 4.78 is 5.82. The molecule has 8 heteroatoms. The van der Waals surface area contributed by atoms with Crippen LogP contribution in [0.3, 0.4) is 0 Å². The Balaban J connectivity index is 1.81. The van der Waals surface area contributed by atoms with Crippen molar-refractivity contribution in [3.8, 4) is 0 Å². The molecule has 37 heavy (non-hydrogen) atoms. The van der Waals surface area contributed by atoms with Gasteiger partial charge in [0.2, 0.25) is 0 Å². The van der Waals surface area contributed by atoms with Crippen LogP contribution in [0.2, 0.25) is 0 Å². The number of ether oxygens (including phenoxy) is 1. The molecule has 212 valence electrons. The highest BCUT2D eigenvalue weighted by atomic mass is 16.6. The number of fused-ring (bicyclic) bond motifs is 5. The third-order valence-electron chi connectivity index (χ3n) is 11.0. The molecular formula is C29H48O8. The van der Waals surface area contributed by atoms with Crippen LogP contribution in [0.5, 0.6) is 0 Å². The van der Waals surface area contributed by atoms with Gasteiger partial charge in [-0.1, -0.05) is 53.0 Å². The Morgan fingerprint density at radius 3 is 2.30 bits per heavy atom. The second-order valence-electron chi connectivity index (χ2n) is 13.4. The molecule has 3 saturated carbocycles. The summed E-state index contributed by atoms with van der Waals surface area (Å²) in [6.45, 7) is 9.39. The molecule has 0 amide bonds. The summed E-state index contributed by atoms with van der Waals surface area (Å²) in [6.07, 6.45) is 1.02. The summed E-state index contributed by atoms with van der Waals surface area (Å²) >= 11 is 0. The Morgan fingerprint density at radius 2 is 1.70 bits per heavy atom. The maximum Gasteiger partial charge on any atom is 0.303 e. The Labute approximate surface area is 220 Å². The second kappa shape index (κ2) is 9.86. The predicted molar refractivity (Wildman–Crippen MR) is 137 cm³/mol. The highest BCUT2D eigenvalue weighted by Gasteiger charge is 2.76. The lowest BCUT2D eigenvalue weighted by atomic mass is 9.42. The molecule has 0 aliphatic heterocycles. The Hall–Kier alpha value is -1.03. The first-order valence-corrected chi connectivity index (χ1v) is 14.2. The molecular weight excluding hydrogens is 476 g/mol. The van der Waals surface area contributed by atoms with E-state index < -0.39 is 52.4 Å². The molecule has 4 aliphatic rings. The number of hydrogen-bond acceptors (Lipinski definition) is 8. The highest BCUT2D eigenvalue weighted by molar-refractivity contribution is 5.66. The molecule has 4 aliphatic carbocycles. The summed E-state index contributed by atoms with van der Waals surface area (Å²) in [5, 5.41) is 67.7. The van der Waals surface area contributed by atoms with E-state index in [9.17, 15) is 35.4 Å². The molecule has 3 fully saturated rings. The van der Waals surface area contributed by atoms with Gasteiger partial charge < -0.3 is 35.4 Å². The van der Waals surface area contributed by atoms with E-state index in [-0.39, 0.29) is 37.7 Å². The summed E-state index contributed by atoms with van der Waals surface area (Å²) in [6, 6.07) is 0. The van der Waals surface area contributed by atoms with Gasteiger partial charge in [0.05, 0.1) is 12.2 Å². The van der Waals surface area contributed by atoms with Gasteiger partial charge in [-0.25, -0.2) is 0 Å². The standard InChI is InChI=1S/C29H48O8/c1-16(2)7-6-8-17(3)19-9-10-20-21-11-24(34)28(35)13-23(33)22(32)12-26(28,5)29(21,36)25(37-18(4)31)14-27(19,20)15-30/h11,16-17,19-20,22-25,30,32-36H,6-10,12-15H2,1-5H3/t17-,19-,20+,22-,23-,24-,25-,26+,27+,28+,29+/m1/s1. The van der Waals surface area contributed by atoms with Gasteiger partial charge in [0, 0.05) is 30.8 Å². The van der Waals surface area contributed by atoms with Crippen LogP contribution in [0.25, 0.3) is 0 Å². The Bertz CT molecular complexity index is 904. The summed E-state index contributed by atoms with van der Waals surface area (Å²) in [5.41, 5.74) is -5.49. The van der Waals surface area contributed by atoms with E-state index in [4.69, 9.17) is 4.74 Å². The van der Waals surface area contributed by atoms with E-state index >= 15 is 0 Å². The first-order chi connectivity index (χ1) is 17.2. The van der Waals surface area contributed by atoms with Crippen molar-refractivity contribution in [1.29, 1.82) is 0 Å². The van der Waals surface area contributed by atoms with Crippen molar-refractivity contribution in [1.82, 2.24) is 0 Å². The number of esters is 1. The summed E-state index contributed by atoms with van der Waals surface area (Å²) in [7, 11) is 0. The SMILES string of the molecule is CC(=O)O[C@@H]1C[C@]2(CO)[C@@H]([C@H](C)CCCC(C)C)CC[C@H]2C2=C[C@@H](O)[C@@]3(O)C[C@@H](O)[C@H](O)C[C@]3(C)[C@]21O. The average Bonchev–Trinajstić information content (AvgIpc) is 3.18. The number of carbonyl (C=O) groups excluding carboxylic acids is 1. The van der Waals surface area contributed by atoms with Gasteiger partial charge in [0.25, 0.3) is 0 Å². The van der Waals surface area contributed by atoms with Gasteiger partial charge in [-0.2, -0.15) is 0 Å². The third-order valence-corrected chi connectivity index (χ3v) is 11.0. The highest BCUT2D eigenvalue weighted by Crippen LogP contribution is 2.69. The van der Waals surface area contributed by atoms with Gasteiger partial charge in [-0.15, -0.1) is 0 Å². The lowest BCUT2D eigenvalue weighted by molar-refractivity contribution is -0.299. The number of aliphatic hydroxyl groups excluding tert-OH is 4. The smallest absolute Gasteiger partial charge is 0.303 e. The number of rotatable bonds is 7. The van der Waals surface area contributed by atoms with E-state index in [1.54, 1.807) is 6.92 Å². The average molecular weight is 525 g/mol. The van der Waals surface area contributed by atoms with Crippen LogP contribution < -0.4 is 0 Å². The van der Waals surface area contributed by atoms with Crippen LogP contribution in [0, 0.1) is 34.5 Å². The summed E-state index contributed by atoms with van der Waals surface area (Å²) in [5.74, 6) is 0.215. The minimum absolute atomic E-state index is 0.138. The van der Waals surface area contributed by atoms with Crippen molar-refractivity contribution in [2.45, 2.75) is 122 Å². The Morgan fingerprint density at radius 1 is 1.05 bits per heavy atom. The molecule has 4 rings (SSSR count). The van der Waals surface area contributed by atoms with E-state index in [0.717, 1.165) is 25.7 Å². The lowest BCUT2D eigenvalue weighted by Gasteiger charge is -2.67. The zero-order valence-corrected chi connectivity index (χ0v) is 23.1. The molecule has 11 atom stereocenters. The molecule has 0 spiro atoms. The molecule has 0 radical (unpaired) electrons. The molecule has 0 bridgehead atoms. The van der Waals surface area contributed by atoms with Crippen molar-refractivity contribution in [3.05, 3.63) is 11.6 Å². The van der Waals surface area contributed by atoms with Crippen molar-refractivity contribution < 1.29 is 40.2 Å². The van der Waals surface area contributed by atoms with E-state index in [2.05, 4.69) is 20.8 Å². The molecule has 0 saturated heterocycles. The molecule has 0 aromatic rings. The van der Waals surface area contributed by atoms with Gasteiger partial charge in [-0.05, 0) is 54.9 Å². The van der Waals surface area contributed by atoms with Crippen LogP contribution in [0.1, 0.15) is 86.0 Å². The molecule has 0 aromatic carbocycles. The third kappa shape index (κ3) is 4.13. The normalized spacial score (nSPS) is 48.1. The maximum atomic E-state index is 12.6. The van der Waals surface area contributed by atoms with Crippen LogP contribution in [0.4, 0.5) is 0 Å². The van der Waals surface area contributed by atoms with Crippen molar-refractivity contribution in [3.63, 3.8) is 0 Å². The first kappa shape index (κ1) is 29.0.